The van der Waals surface area contributed by atoms with Gasteiger partial charge in [-0.15, -0.1) is 11.3 Å². The van der Waals surface area contributed by atoms with Crippen LogP contribution in [0.3, 0.4) is 0 Å². The van der Waals surface area contributed by atoms with E-state index in [0.29, 0.717) is 11.3 Å². The highest BCUT2D eigenvalue weighted by molar-refractivity contribution is 7.11. The lowest BCUT2D eigenvalue weighted by atomic mass is 10.1. The Morgan fingerprint density at radius 3 is 2.75 bits per heavy atom. The van der Waals surface area contributed by atoms with E-state index in [9.17, 15) is 4.79 Å². The highest BCUT2D eigenvalue weighted by atomic mass is 32.1. The summed E-state index contributed by atoms with van der Waals surface area (Å²) in [6, 6.07) is 10.9. The van der Waals surface area contributed by atoms with Crippen molar-refractivity contribution in [2.75, 3.05) is 0 Å². The molecule has 2 aromatic rings. The van der Waals surface area contributed by atoms with Gasteiger partial charge in [0.1, 0.15) is 5.75 Å². The molecule has 1 aromatic heterocycles. The standard InChI is InChI=1S/C12H10O3S/c13-11(14)8-9-4-1-2-5-10(9)15-12-6-3-7-16-12/h1-7H,8H2,(H,13,14). The van der Waals surface area contributed by atoms with Crippen molar-refractivity contribution in [3.63, 3.8) is 0 Å². The fraction of sp³-hybridized carbons (Fsp3) is 0.0833. The van der Waals surface area contributed by atoms with Crippen LogP contribution in [0.2, 0.25) is 0 Å². The number of carboxylic acid groups (broad SMARTS) is 1. The maximum absolute atomic E-state index is 10.7. The number of benzene rings is 1. The Morgan fingerprint density at radius 2 is 2.06 bits per heavy atom. The molecule has 4 heteroatoms. The van der Waals surface area contributed by atoms with Gasteiger partial charge in [0.15, 0.2) is 5.06 Å². The normalized spacial score (nSPS) is 10.0. The summed E-state index contributed by atoms with van der Waals surface area (Å²) in [6.45, 7) is 0. The zero-order valence-electron chi connectivity index (χ0n) is 8.42. The first-order valence-electron chi connectivity index (χ1n) is 4.77. The summed E-state index contributed by atoms with van der Waals surface area (Å²) in [5, 5.41) is 11.4. The first-order chi connectivity index (χ1) is 7.75. The Labute approximate surface area is 96.9 Å². The summed E-state index contributed by atoms with van der Waals surface area (Å²) in [7, 11) is 0. The Kier molecular flexibility index (Phi) is 3.22. The maximum atomic E-state index is 10.7. The number of rotatable bonds is 4. The number of thiophene rings is 1. The number of carbonyl (C=O) groups is 1. The van der Waals surface area contributed by atoms with E-state index in [1.54, 1.807) is 18.2 Å². The van der Waals surface area contributed by atoms with Crippen molar-refractivity contribution in [2.24, 2.45) is 0 Å². The lowest BCUT2D eigenvalue weighted by Crippen LogP contribution is -2.01. The molecule has 16 heavy (non-hydrogen) atoms. The zero-order valence-corrected chi connectivity index (χ0v) is 9.24. The zero-order chi connectivity index (χ0) is 11.4. The Balaban J connectivity index is 2.22. The molecule has 0 spiro atoms. The van der Waals surface area contributed by atoms with Crippen molar-refractivity contribution >= 4 is 17.3 Å². The van der Waals surface area contributed by atoms with Crippen molar-refractivity contribution < 1.29 is 14.6 Å². The van der Waals surface area contributed by atoms with E-state index < -0.39 is 5.97 Å². The molecule has 0 radical (unpaired) electrons. The Hall–Kier alpha value is -1.81. The van der Waals surface area contributed by atoms with Crippen LogP contribution in [0.15, 0.2) is 41.8 Å². The topological polar surface area (TPSA) is 46.5 Å². The summed E-state index contributed by atoms with van der Waals surface area (Å²) in [6.07, 6.45) is -0.0262. The van der Waals surface area contributed by atoms with Crippen molar-refractivity contribution in [1.82, 2.24) is 0 Å². The number of hydrogen-bond acceptors (Lipinski definition) is 3. The summed E-state index contributed by atoms with van der Waals surface area (Å²) in [5.41, 5.74) is 0.684. The predicted molar refractivity (Wildman–Crippen MR) is 62.2 cm³/mol. The molecule has 0 unspecified atom stereocenters. The SMILES string of the molecule is O=C(O)Cc1ccccc1Oc1cccs1. The van der Waals surface area contributed by atoms with Gasteiger partial charge in [-0.1, -0.05) is 18.2 Å². The van der Waals surface area contributed by atoms with Crippen LogP contribution in [-0.4, -0.2) is 11.1 Å². The van der Waals surface area contributed by atoms with Gasteiger partial charge in [0.05, 0.1) is 6.42 Å². The minimum absolute atomic E-state index is 0.0262. The molecule has 0 amide bonds. The van der Waals surface area contributed by atoms with Crippen LogP contribution in [0.4, 0.5) is 0 Å². The van der Waals surface area contributed by atoms with Crippen LogP contribution in [0.25, 0.3) is 0 Å². The molecule has 0 bridgehead atoms. The molecule has 0 aliphatic heterocycles. The first-order valence-corrected chi connectivity index (χ1v) is 5.65. The highest BCUT2D eigenvalue weighted by Gasteiger charge is 2.08. The van der Waals surface area contributed by atoms with E-state index in [-0.39, 0.29) is 6.42 Å². The van der Waals surface area contributed by atoms with Gasteiger partial charge in [-0.25, -0.2) is 0 Å². The number of hydrogen-bond donors (Lipinski definition) is 1. The quantitative estimate of drug-likeness (QED) is 0.883. The third-order valence-electron chi connectivity index (χ3n) is 2.02. The van der Waals surface area contributed by atoms with Crippen LogP contribution in [0, 0.1) is 0 Å². The van der Waals surface area contributed by atoms with Crippen molar-refractivity contribution in [3.05, 3.63) is 47.3 Å². The second-order valence-corrected chi connectivity index (χ2v) is 4.12. The average molecular weight is 234 g/mol. The van der Waals surface area contributed by atoms with Gasteiger partial charge < -0.3 is 9.84 Å². The third kappa shape index (κ3) is 2.61. The fourth-order valence-electron chi connectivity index (χ4n) is 1.34. The summed E-state index contributed by atoms with van der Waals surface area (Å²) < 4.78 is 5.61. The van der Waals surface area contributed by atoms with Crippen molar-refractivity contribution in [2.45, 2.75) is 6.42 Å². The lowest BCUT2D eigenvalue weighted by Gasteiger charge is -2.07. The number of para-hydroxylation sites is 1. The average Bonchev–Trinajstić information content (AvgIpc) is 2.73. The third-order valence-corrected chi connectivity index (χ3v) is 2.76. The molecule has 0 saturated carbocycles. The van der Waals surface area contributed by atoms with Crippen LogP contribution >= 0.6 is 11.3 Å². The molecule has 1 aromatic carbocycles. The van der Waals surface area contributed by atoms with Crippen molar-refractivity contribution in [3.8, 4) is 10.8 Å². The summed E-state index contributed by atoms with van der Waals surface area (Å²) in [5.74, 6) is -0.255. The van der Waals surface area contributed by atoms with E-state index in [1.165, 1.54) is 11.3 Å². The van der Waals surface area contributed by atoms with Crippen LogP contribution in [0.1, 0.15) is 5.56 Å². The first kappa shape index (κ1) is 10.7. The van der Waals surface area contributed by atoms with E-state index in [4.69, 9.17) is 9.84 Å². The van der Waals surface area contributed by atoms with Gasteiger partial charge >= 0.3 is 5.97 Å². The van der Waals surface area contributed by atoms with Gasteiger partial charge in [-0.2, -0.15) is 0 Å². The minimum atomic E-state index is -0.859. The van der Waals surface area contributed by atoms with E-state index in [0.717, 1.165) is 5.06 Å². The molecule has 1 heterocycles. The second-order valence-electron chi connectivity index (χ2n) is 3.21. The number of carboxylic acids is 1. The highest BCUT2D eigenvalue weighted by Crippen LogP contribution is 2.28. The van der Waals surface area contributed by atoms with Gasteiger partial charge in [-0.3, -0.25) is 4.79 Å². The molecule has 82 valence electrons. The molecule has 0 atom stereocenters. The minimum Gasteiger partial charge on any atom is -0.481 e. The Morgan fingerprint density at radius 1 is 1.25 bits per heavy atom. The van der Waals surface area contributed by atoms with E-state index in [2.05, 4.69) is 0 Å². The van der Waals surface area contributed by atoms with E-state index >= 15 is 0 Å². The molecule has 0 saturated heterocycles. The molecule has 0 fully saturated rings. The van der Waals surface area contributed by atoms with Crippen LogP contribution in [-0.2, 0) is 11.2 Å². The van der Waals surface area contributed by atoms with Gasteiger partial charge in [0, 0.05) is 5.56 Å². The van der Waals surface area contributed by atoms with E-state index in [1.807, 2.05) is 23.6 Å². The number of ether oxygens (including phenoxy) is 1. The summed E-state index contributed by atoms with van der Waals surface area (Å²) in [4.78, 5) is 10.7. The molecule has 0 aliphatic rings. The molecule has 1 N–H and O–H groups in total. The monoisotopic (exact) mass is 234 g/mol. The van der Waals surface area contributed by atoms with Gasteiger partial charge in [0.25, 0.3) is 0 Å². The van der Waals surface area contributed by atoms with Gasteiger partial charge in [0.2, 0.25) is 0 Å². The fourth-order valence-corrected chi connectivity index (χ4v) is 1.93. The number of aliphatic carboxylic acids is 1. The maximum Gasteiger partial charge on any atom is 0.307 e. The molecule has 3 nitrogen and oxygen atoms in total. The molecular formula is C12H10O3S. The molecule has 2 rings (SSSR count). The lowest BCUT2D eigenvalue weighted by molar-refractivity contribution is -0.136. The van der Waals surface area contributed by atoms with Crippen molar-refractivity contribution in [1.29, 1.82) is 0 Å². The smallest absolute Gasteiger partial charge is 0.307 e. The largest absolute Gasteiger partial charge is 0.481 e. The molecule has 0 aliphatic carbocycles. The summed E-state index contributed by atoms with van der Waals surface area (Å²) >= 11 is 1.48. The Bertz CT molecular complexity index is 477. The predicted octanol–water partition coefficient (Wildman–Crippen LogP) is 3.17. The van der Waals surface area contributed by atoms with Gasteiger partial charge in [-0.05, 0) is 23.6 Å². The van der Waals surface area contributed by atoms with Crippen LogP contribution < -0.4 is 4.74 Å². The second kappa shape index (κ2) is 4.81. The molecular weight excluding hydrogens is 224 g/mol. The van der Waals surface area contributed by atoms with Crippen LogP contribution in [0.5, 0.6) is 10.8 Å².